The van der Waals surface area contributed by atoms with Gasteiger partial charge in [0.05, 0.1) is 11.4 Å². The van der Waals surface area contributed by atoms with E-state index >= 15 is 0 Å². The van der Waals surface area contributed by atoms with Crippen molar-refractivity contribution < 1.29 is 9.18 Å². The number of hydrogen-bond donors (Lipinski definition) is 3. The summed E-state index contributed by atoms with van der Waals surface area (Å²) >= 11 is 0. The third kappa shape index (κ3) is 3.96. The van der Waals surface area contributed by atoms with Crippen LogP contribution >= 0.6 is 0 Å². The molecule has 9 nitrogen and oxygen atoms in total. The van der Waals surface area contributed by atoms with Gasteiger partial charge in [0, 0.05) is 36.1 Å². The fourth-order valence-electron chi connectivity index (χ4n) is 3.35. The van der Waals surface area contributed by atoms with Crippen LogP contribution in [0.15, 0.2) is 42.9 Å². The van der Waals surface area contributed by atoms with Crippen LogP contribution in [0.5, 0.6) is 0 Å². The van der Waals surface area contributed by atoms with Gasteiger partial charge in [-0.15, -0.1) is 10.2 Å². The number of anilines is 2. The molecule has 0 saturated heterocycles. The molecule has 3 heterocycles. The van der Waals surface area contributed by atoms with Crippen molar-refractivity contribution in [3.8, 4) is 11.3 Å². The smallest absolute Gasteiger partial charge is 0.319 e. The minimum atomic E-state index is -0.734. The second kappa shape index (κ2) is 7.74. The van der Waals surface area contributed by atoms with Gasteiger partial charge in [-0.1, -0.05) is 6.42 Å². The fourth-order valence-corrected chi connectivity index (χ4v) is 3.35. The molecule has 3 aromatic heterocycles. The molecule has 4 N–H and O–H groups in total. The minimum Gasteiger partial charge on any atom is -0.368 e. The van der Waals surface area contributed by atoms with Gasteiger partial charge in [-0.3, -0.25) is 10.3 Å². The number of carbonyl (C=O) groups excluding carboxylic acids is 1. The predicted molar refractivity (Wildman–Crippen MR) is 104 cm³/mol. The van der Waals surface area contributed by atoms with E-state index in [0.29, 0.717) is 29.3 Å². The zero-order valence-corrected chi connectivity index (χ0v) is 15.5. The highest BCUT2D eigenvalue weighted by Crippen LogP contribution is 2.43. The van der Waals surface area contributed by atoms with Crippen LogP contribution < -0.4 is 16.4 Å². The average molecular weight is 394 g/mol. The summed E-state index contributed by atoms with van der Waals surface area (Å²) in [7, 11) is 0. The van der Waals surface area contributed by atoms with E-state index in [1.165, 1.54) is 18.5 Å². The molecule has 29 heavy (non-hydrogen) atoms. The Morgan fingerprint density at radius 3 is 2.52 bits per heavy atom. The second-order valence-electron chi connectivity index (χ2n) is 6.91. The van der Waals surface area contributed by atoms with Crippen LogP contribution in [0.1, 0.15) is 25.0 Å². The molecule has 0 unspecified atom stereocenters. The molecule has 0 aliphatic heterocycles. The number of urea groups is 1. The minimum absolute atomic E-state index is 0.111. The molecule has 1 aliphatic rings. The quantitative estimate of drug-likeness (QED) is 0.585. The van der Waals surface area contributed by atoms with E-state index in [1.807, 2.05) is 0 Å². The summed E-state index contributed by atoms with van der Waals surface area (Å²) in [4.78, 5) is 23.1. The first-order valence-electron chi connectivity index (χ1n) is 9.13. The predicted octanol–water partition coefficient (Wildman–Crippen LogP) is 2.49. The molecular weight excluding hydrogens is 375 g/mol. The van der Waals surface area contributed by atoms with Gasteiger partial charge in [-0.25, -0.2) is 19.2 Å². The van der Waals surface area contributed by atoms with Crippen LogP contribution in [0.3, 0.4) is 0 Å². The lowest BCUT2D eigenvalue weighted by Crippen LogP contribution is -2.42. The van der Waals surface area contributed by atoms with Crippen molar-refractivity contribution in [3.05, 3.63) is 54.4 Å². The lowest BCUT2D eigenvalue weighted by molar-refractivity contribution is 0.243. The monoisotopic (exact) mass is 394 g/mol. The van der Waals surface area contributed by atoms with Crippen LogP contribution in [0.4, 0.5) is 21.0 Å². The van der Waals surface area contributed by atoms with Crippen LogP contribution in [0.25, 0.3) is 11.3 Å². The van der Waals surface area contributed by atoms with E-state index in [0.717, 1.165) is 19.3 Å². The van der Waals surface area contributed by atoms with E-state index in [9.17, 15) is 9.18 Å². The Balaban J connectivity index is 1.43. The maximum Gasteiger partial charge on any atom is 0.319 e. The zero-order chi connectivity index (χ0) is 20.3. The highest BCUT2D eigenvalue weighted by Gasteiger charge is 2.41. The van der Waals surface area contributed by atoms with Crippen molar-refractivity contribution in [1.82, 2.24) is 25.1 Å². The number of rotatable bonds is 6. The maximum absolute atomic E-state index is 14.2. The molecule has 1 saturated carbocycles. The van der Waals surface area contributed by atoms with Crippen molar-refractivity contribution in [2.24, 2.45) is 5.73 Å². The standard InChI is InChI=1S/C19H19FN8O/c20-13-3-1-8-22-16(13)19(6-2-7-19)11-25-15-5-4-14(27-28-15)12-9-23-18(24-10-12)26-17(21)29/h1,3-5,8-10H,2,6-7,11H2,(H,25,28)(H3,21,23,24,26,29). The Labute approximate surface area is 166 Å². The molecular formula is C19H19FN8O. The summed E-state index contributed by atoms with van der Waals surface area (Å²) in [5.74, 6) is 0.425. The van der Waals surface area contributed by atoms with Crippen LogP contribution in [-0.2, 0) is 5.41 Å². The number of nitrogens with two attached hydrogens (primary N) is 1. The first-order valence-corrected chi connectivity index (χ1v) is 9.13. The van der Waals surface area contributed by atoms with Gasteiger partial charge in [0.15, 0.2) is 0 Å². The number of hydrogen-bond acceptors (Lipinski definition) is 7. The van der Waals surface area contributed by atoms with Gasteiger partial charge >= 0.3 is 6.03 Å². The van der Waals surface area contributed by atoms with E-state index in [4.69, 9.17) is 5.73 Å². The third-order valence-corrected chi connectivity index (χ3v) is 5.03. The molecule has 0 aromatic carbocycles. The van der Waals surface area contributed by atoms with Crippen molar-refractivity contribution >= 4 is 17.8 Å². The SMILES string of the molecule is NC(=O)Nc1ncc(-c2ccc(NCC3(c4ncccc4F)CCC3)nn2)cn1. The van der Waals surface area contributed by atoms with Crippen molar-refractivity contribution in [3.63, 3.8) is 0 Å². The molecule has 0 atom stereocenters. The molecule has 10 heteroatoms. The fraction of sp³-hybridized carbons (Fsp3) is 0.263. The number of carbonyl (C=O) groups is 1. The summed E-state index contributed by atoms with van der Waals surface area (Å²) in [6.07, 6.45) is 7.46. The average Bonchev–Trinajstić information content (AvgIpc) is 2.69. The van der Waals surface area contributed by atoms with E-state index < -0.39 is 6.03 Å². The number of halogens is 1. The lowest BCUT2D eigenvalue weighted by Gasteiger charge is -2.41. The molecule has 0 bridgehead atoms. The summed E-state index contributed by atoms with van der Waals surface area (Å²) in [5.41, 5.74) is 6.44. The van der Waals surface area contributed by atoms with Gasteiger partial charge in [0.2, 0.25) is 5.95 Å². The van der Waals surface area contributed by atoms with Crippen LogP contribution in [-0.4, -0.2) is 37.7 Å². The second-order valence-corrected chi connectivity index (χ2v) is 6.91. The Morgan fingerprint density at radius 1 is 1.14 bits per heavy atom. The molecule has 0 radical (unpaired) electrons. The van der Waals surface area contributed by atoms with Crippen molar-refractivity contribution in [2.75, 3.05) is 17.2 Å². The van der Waals surface area contributed by atoms with Crippen LogP contribution in [0.2, 0.25) is 0 Å². The summed E-state index contributed by atoms with van der Waals surface area (Å²) < 4.78 is 14.2. The van der Waals surface area contributed by atoms with Crippen molar-refractivity contribution in [2.45, 2.75) is 24.7 Å². The lowest BCUT2D eigenvalue weighted by atomic mass is 9.66. The number of nitrogens with one attached hydrogen (secondary N) is 2. The molecule has 148 valence electrons. The normalized spacial score (nSPS) is 14.7. The molecule has 1 fully saturated rings. The van der Waals surface area contributed by atoms with Gasteiger partial charge in [-0.05, 0) is 37.1 Å². The zero-order valence-electron chi connectivity index (χ0n) is 15.5. The number of primary amides is 1. The Kier molecular flexibility index (Phi) is 4.98. The molecule has 1 aliphatic carbocycles. The van der Waals surface area contributed by atoms with Crippen LogP contribution in [0, 0.1) is 5.82 Å². The van der Waals surface area contributed by atoms with E-state index in [-0.39, 0.29) is 17.2 Å². The summed E-state index contributed by atoms with van der Waals surface area (Å²) in [6, 6.07) is 5.89. The Bertz CT molecular complexity index is 1010. The maximum atomic E-state index is 14.2. The highest BCUT2D eigenvalue weighted by molar-refractivity contribution is 5.85. The molecule has 4 rings (SSSR count). The van der Waals surface area contributed by atoms with Gasteiger partial charge in [0.25, 0.3) is 0 Å². The molecule has 2 amide bonds. The number of pyridine rings is 1. The third-order valence-electron chi connectivity index (χ3n) is 5.03. The number of aromatic nitrogens is 5. The van der Waals surface area contributed by atoms with Gasteiger partial charge in [0.1, 0.15) is 11.6 Å². The topological polar surface area (TPSA) is 132 Å². The summed E-state index contributed by atoms with van der Waals surface area (Å²) in [6.45, 7) is 0.533. The molecule has 3 aromatic rings. The molecule has 0 spiro atoms. The first kappa shape index (κ1) is 18.7. The summed E-state index contributed by atoms with van der Waals surface area (Å²) in [5, 5.41) is 13.9. The van der Waals surface area contributed by atoms with E-state index in [1.54, 1.807) is 24.4 Å². The Morgan fingerprint density at radius 2 is 1.93 bits per heavy atom. The number of nitrogens with zero attached hydrogens (tertiary/aromatic N) is 5. The largest absolute Gasteiger partial charge is 0.368 e. The van der Waals surface area contributed by atoms with E-state index in [2.05, 4.69) is 35.8 Å². The number of amides is 2. The van der Waals surface area contributed by atoms with Gasteiger partial charge < -0.3 is 11.1 Å². The van der Waals surface area contributed by atoms with Crippen molar-refractivity contribution in [1.29, 1.82) is 0 Å². The van der Waals surface area contributed by atoms with Gasteiger partial charge in [-0.2, -0.15) is 0 Å². The first-order chi connectivity index (χ1) is 14.1. The Hall–Kier alpha value is -3.69. The highest BCUT2D eigenvalue weighted by atomic mass is 19.1.